The largest absolute Gasteiger partial charge is 0.0761 e. The molecule has 0 aromatic carbocycles. The van der Waals surface area contributed by atoms with Crippen molar-refractivity contribution in [3.63, 3.8) is 0 Å². The van der Waals surface area contributed by atoms with Crippen LogP contribution in [0.2, 0.25) is 0 Å². The molecule has 3 aliphatic carbocycles. The summed E-state index contributed by atoms with van der Waals surface area (Å²) in [5, 5.41) is 0. The molecular weight excluding hydrogens is 96.1 g/mol. The van der Waals surface area contributed by atoms with E-state index in [0.29, 0.717) is 0 Å². The third-order valence-corrected chi connectivity index (χ3v) is 2.82. The monoisotopic (exact) mass is 104 g/mol. The molecule has 0 N–H and O–H groups in total. The second-order valence-corrected chi connectivity index (χ2v) is 3.01. The molecule has 0 nitrogen and oxygen atoms in total. The average Bonchev–Trinajstić information content (AvgIpc) is 1.70. The second kappa shape index (κ2) is 0.812. The van der Waals surface area contributed by atoms with Gasteiger partial charge in [0.05, 0.1) is 0 Å². The number of hydrogen-bond acceptors (Lipinski definition) is 0. The Kier molecular flexibility index (Phi) is 0.355. The van der Waals surface area contributed by atoms with Crippen molar-refractivity contribution in [3.05, 3.63) is 23.3 Å². The highest BCUT2D eigenvalue weighted by atomic mass is 14.5. The van der Waals surface area contributed by atoms with Crippen molar-refractivity contribution in [2.24, 2.45) is 11.8 Å². The van der Waals surface area contributed by atoms with Crippen LogP contribution in [0.3, 0.4) is 0 Å². The molecule has 0 spiro atoms. The zero-order valence-corrected chi connectivity index (χ0v) is 4.72. The van der Waals surface area contributed by atoms with Gasteiger partial charge in [-0.05, 0) is 24.3 Å². The predicted molar refractivity (Wildman–Crippen MR) is 32.4 cm³/mol. The van der Waals surface area contributed by atoms with E-state index in [1.807, 2.05) is 0 Å². The van der Waals surface area contributed by atoms with Crippen LogP contribution in [0.15, 0.2) is 23.3 Å². The molecule has 0 heteroatoms. The molecule has 1 saturated carbocycles. The molecular formula is C8H8. The van der Waals surface area contributed by atoms with E-state index in [9.17, 15) is 0 Å². The van der Waals surface area contributed by atoms with Crippen molar-refractivity contribution >= 4 is 0 Å². The minimum Gasteiger partial charge on any atom is -0.0761 e. The Morgan fingerprint density at radius 1 is 1.50 bits per heavy atom. The molecule has 0 saturated heterocycles. The van der Waals surface area contributed by atoms with Crippen LogP contribution in [-0.4, -0.2) is 0 Å². The summed E-state index contributed by atoms with van der Waals surface area (Å²) in [6.07, 6.45) is 7.53. The standard InChI is InChI=1S/C8H8/c1-2-6-5(1)7-3-4-8(6)7/h1-2,5,7H,3-4H2/t5-,7+/m1/s1. The summed E-state index contributed by atoms with van der Waals surface area (Å²) in [6, 6.07) is 0. The summed E-state index contributed by atoms with van der Waals surface area (Å²) < 4.78 is 0. The SMILES string of the molecule is C1=C[C@@H]2C1=C1CC[C@H]12. The van der Waals surface area contributed by atoms with Gasteiger partial charge in [-0.2, -0.15) is 0 Å². The molecule has 0 heterocycles. The van der Waals surface area contributed by atoms with Gasteiger partial charge in [0.1, 0.15) is 0 Å². The third-order valence-electron chi connectivity index (χ3n) is 2.82. The Morgan fingerprint density at radius 3 is 2.62 bits per heavy atom. The fraction of sp³-hybridized carbons (Fsp3) is 0.500. The molecule has 2 atom stereocenters. The summed E-state index contributed by atoms with van der Waals surface area (Å²) in [7, 11) is 0. The van der Waals surface area contributed by atoms with Gasteiger partial charge in [0.2, 0.25) is 0 Å². The molecule has 8 heavy (non-hydrogen) atoms. The van der Waals surface area contributed by atoms with E-state index in [-0.39, 0.29) is 0 Å². The number of hydrogen-bond donors (Lipinski definition) is 0. The predicted octanol–water partition coefficient (Wildman–Crippen LogP) is 1.89. The van der Waals surface area contributed by atoms with Crippen molar-refractivity contribution in [1.29, 1.82) is 0 Å². The molecule has 0 unspecified atom stereocenters. The van der Waals surface area contributed by atoms with Crippen LogP contribution in [0.4, 0.5) is 0 Å². The molecule has 3 rings (SSSR count). The summed E-state index contributed by atoms with van der Waals surface area (Å²) in [6.45, 7) is 0. The molecule has 0 bridgehead atoms. The van der Waals surface area contributed by atoms with Crippen LogP contribution in [-0.2, 0) is 0 Å². The third kappa shape index (κ3) is 0.169. The van der Waals surface area contributed by atoms with Gasteiger partial charge >= 0.3 is 0 Å². The van der Waals surface area contributed by atoms with Crippen LogP contribution in [0, 0.1) is 11.8 Å². The zero-order chi connectivity index (χ0) is 5.14. The fourth-order valence-corrected chi connectivity index (χ4v) is 2.09. The average molecular weight is 104 g/mol. The van der Waals surface area contributed by atoms with Crippen LogP contribution in [0.5, 0.6) is 0 Å². The first kappa shape index (κ1) is 3.49. The lowest BCUT2D eigenvalue weighted by Crippen LogP contribution is -2.39. The molecule has 40 valence electrons. The summed E-state index contributed by atoms with van der Waals surface area (Å²) >= 11 is 0. The van der Waals surface area contributed by atoms with Gasteiger partial charge in [0.25, 0.3) is 0 Å². The lowest BCUT2D eigenvalue weighted by atomic mass is 9.53. The molecule has 1 fully saturated rings. The molecule has 0 aromatic heterocycles. The van der Waals surface area contributed by atoms with Gasteiger partial charge in [0, 0.05) is 5.92 Å². The summed E-state index contributed by atoms with van der Waals surface area (Å²) in [4.78, 5) is 0. The normalized spacial score (nSPS) is 46.0. The van der Waals surface area contributed by atoms with Crippen molar-refractivity contribution in [2.45, 2.75) is 12.8 Å². The van der Waals surface area contributed by atoms with Crippen molar-refractivity contribution in [1.82, 2.24) is 0 Å². The van der Waals surface area contributed by atoms with Gasteiger partial charge in [-0.1, -0.05) is 17.7 Å². The number of rotatable bonds is 0. The Morgan fingerprint density at radius 2 is 2.50 bits per heavy atom. The maximum atomic E-state index is 2.35. The minimum absolute atomic E-state index is 0.943. The molecule has 0 aromatic rings. The minimum atomic E-state index is 0.943. The van der Waals surface area contributed by atoms with Crippen LogP contribution in [0.1, 0.15) is 12.8 Å². The molecule has 3 aliphatic rings. The molecule has 0 radical (unpaired) electrons. The van der Waals surface area contributed by atoms with Crippen LogP contribution in [0.25, 0.3) is 0 Å². The highest BCUT2D eigenvalue weighted by Crippen LogP contribution is 2.58. The second-order valence-electron chi connectivity index (χ2n) is 3.01. The lowest BCUT2D eigenvalue weighted by molar-refractivity contribution is 0.297. The van der Waals surface area contributed by atoms with Crippen LogP contribution < -0.4 is 0 Å². The molecule has 0 amide bonds. The van der Waals surface area contributed by atoms with E-state index in [0.717, 1.165) is 11.8 Å². The smallest absolute Gasteiger partial charge is 0.00865 e. The first-order chi connectivity index (χ1) is 3.97. The van der Waals surface area contributed by atoms with E-state index in [2.05, 4.69) is 12.2 Å². The Balaban J connectivity index is 2.21. The summed E-state index contributed by atoms with van der Waals surface area (Å²) in [5.41, 5.74) is 3.48. The van der Waals surface area contributed by atoms with Gasteiger partial charge in [-0.25, -0.2) is 0 Å². The maximum absolute atomic E-state index is 2.35. The number of allylic oxidation sites excluding steroid dienone is 4. The van der Waals surface area contributed by atoms with E-state index in [1.165, 1.54) is 12.8 Å². The topological polar surface area (TPSA) is 0 Å². The van der Waals surface area contributed by atoms with Gasteiger partial charge in [0.15, 0.2) is 0 Å². The van der Waals surface area contributed by atoms with E-state index in [1.54, 1.807) is 11.1 Å². The fourth-order valence-electron chi connectivity index (χ4n) is 2.09. The Hall–Kier alpha value is -0.520. The highest BCUT2D eigenvalue weighted by Gasteiger charge is 2.46. The highest BCUT2D eigenvalue weighted by molar-refractivity contribution is 5.53. The van der Waals surface area contributed by atoms with E-state index < -0.39 is 0 Å². The van der Waals surface area contributed by atoms with Gasteiger partial charge < -0.3 is 0 Å². The number of fused-ring (bicyclic) bond motifs is 3. The zero-order valence-electron chi connectivity index (χ0n) is 4.72. The van der Waals surface area contributed by atoms with Crippen molar-refractivity contribution in [3.8, 4) is 0 Å². The lowest BCUT2D eigenvalue weighted by Gasteiger charge is -2.51. The van der Waals surface area contributed by atoms with E-state index in [4.69, 9.17) is 0 Å². The van der Waals surface area contributed by atoms with Gasteiger partial charge in [-0.15, -0.1) is 0 Å². The van der Waals surface area contributed by atoms with E-state index >= 15 is 0 Å². The van der Waals surface area contributed by atoms with Gasteiger partial charge in [-0.3, -0.25) is 0 Å². The quantitative estimate of drug-likeness (QED) is 0.440. The Labute approximate surface area is 48.9 Å². The maximum Gasteiger partial charge on any atom is 0.00865 e. The van der Waals surface area contributed by atoms with Crippen molar-refractivity contribution < 1.29 is 0 Å². The van der Waals surface area contributed by atoms with Crippen molar-refractivity contribution in [2.75, 3.05) is 0 Å². The first-order valence-electron chi connectivity index (χ1n) is 3.38. The Bertz CT molecular complexity index is 208. The molecule has 0 aliphatic heterocycles. The van der Waals surface area contributed by atoms with Crippen LogP contribution >= 0.6 is 0 Å². The first-order valence-corrected chi connectivity index (χ1v) is 3.38. The summed E-state index contributed by atoms with van der Waals surface area (Å²) in [5.74, 6) is 1.98.